The Kier molecular flexibility index (Phi) is 4.84. The highest BCUT2D eigenvalue weighted by Gasteiger charge is 2.53. The average molecular weight is 271 g/mol. The zero-order chi connectivity index (χ0) is 9.83. The molecule has 0 saturated heterocycles. The maximum absolute atomic E-state index is 12.4. The van der Waals surface area contributed by atoms with Crippen molar-refractivity contribution in [2.45, 2.75) is 30.0 Å². The van der Waals surface area contributed by atoms with Crippen molar-refractivity contribution >= 4 is 27.5 Å². The van der Waals surface area contributed by atoms with Gasteiger partial charge in [-0.25, -0.2) is 0 Å². The van der Waals surface area contributed by atoms with Gasteiger partial charge in [0.1, 0.15) is 0 Å². The zero-order valence-electron chi connectivity index (χ0n) is 6.10. The fraction of sp³-hybridized carbons (Fsp3) is 1.00. The van der Waals surface area contributed by atoms with E-state index in [9.17, 15) is 17.6 Å². The Hall–Kier alpha value is 0.490. The summed E-state index contributed by atoms with van der Waals surface area (Å²) in [4.78, 5) is -4.12. The number of hydrogen-bond donors (Lipinski definition) is 0. The molecule has 0 saturated carbocycles. The molecule has 12 heavy (non-hydrogen) atoms. The molecular formula is C6H8BrClF4. The SMILES string of the molecule is FC(F)(Br)C(F)(F)CCCCCl. The molecular weight excluding hydrogens is 263 g/mol. The van der Waals surface area contributed by atoms with Crippen LogP contribution in [-0.2, 0) is 0 Å². The maximum atomic E-state index is 12.4. The summed E-state index contributed by atoms with van der Waals surface area (Å²) in [5.41, 5.74) is 0. The van der Waals surface area contributed by atoms with E-state index < -0.39 is 17.2 Å². The molecule has 0 aromatic heterocycles. The summed E-state index contributed by atoms with van der Waals surface area (Å²) in [6.07, 6.45) is -0.532. The predicted octanol–water partition coefficient (Wildman–Crippen LogP) is 4.02. The smallest absolute Gasteiger partial charge is 0.199 e. The van der Waals surface area contributed by atoms with Crippen LogP contribution in [-0.4, -0.2) is 16.6 Å². The second-order valence-corrected chi connectivity index (χ2v) is 3.72. The summed E-state index contributed by atoms with van der Waals surface area (Å²) in [6.45, 7) is 0. The average Bonchev–Trinajstić information content (AvgIpc) is 1.85. The number of alkyl halides is 6. The third-order valence-corrected chi connectivity index (χ3v) is 2.14. The van der Waals surface area contributed by atoms with Crippen molar-refractivity contribution in [2.75, 3.05) is 5.88 Å². The van der Waals surface area contributed by atoms with Gasteiger partial charge in [-0.15, -0.1) is 11.6 Å². The lowest BCUT2D eigenvalue weighted by atomic mass is 10.1. The zero-order valence-corrected chi connectivity index (χ0v) is 8.44. The third kappa shape index (κ3) is 3.94. The van der Waals surface area contributed by atoms with Crippen LogP contribution in [0.15, 0.2) is 0 Å². The largest absolute Gasteiger partial charge is 0.363 e. The first kappa shape index (κ1) is 12.5. The van der Waals surface area contributed by atoms with Crippen LogP contribution in [0.3, 0.4) is 0 Å². The summed E-state index contributed by atoms with van der Waals surface area (Å²) in [6, 6.07) is 0. The standard InChI is InChI=1S/C6H8BrClF4/c7-6(11,12)5(9,10)3-1-2-4-8/h1-4H2. The lowest BCUT2D eigenvalue weighted by Crippen LogP contribution is -2.34. The monoisotopic (exact) mass is 270 g/mol. The highest BCUT2D eigenvalue weighted by Crippen LogP contribution is 2.42. The van der Waals surface area contributed by atoms with Gasteiger partial charge in [0.25, 0.3) is 0 Å². The quantitative estimate of drug-likeness (QED) is 0.402. The molecule has 0 unspecified atom stereocenters. The van der Waals surface area contributed by atoms with Gasteiger partial charge in [-0.05, 0) is 28.8 Å². The number of rotatable bonds is 5. The molecule has 0 N–H and O–H groups in total. The van der Waals surface area contributed by atoms with Crippen LogP contribution in [0.4, 0.5) is 17.6 Å². The third-order valence-electron chi connectivity index (χ3n) is 1.29. The minimum Gasteiger partial charge on any atom is -0.199 e. The number of unbranched alkanes of at least 4 members (excludes halogenated alkanes) is 1. The second kappa shape index (κ2) is 4.65. The topological polar surface area (TPSA) is 0 Å². The summed E-state index contributed by atoms with van der Waals surface area (Å²) in [5, 5.41) is 0. The maximum Gasteiger partial charge on any atom is 0.363 e. The van der Waals surface area contributed by atoms with Gasteiger partial charge in [-0.2, -0.15) is 17.6 Å². The molecule has 74 valence electrons. The Morgan fingerprint density at radius 2 is 1.58 bits per heavy atom. The van der Waals surface area contributed by atoms with Crippen LogP contribution in [0, 0.1) is 0 Å². The number of hydrogen-bond acceptors (Lipinski definition) is 0. The lowest BCUT2D eigenvalue weighted by Gasteiger charge is -2.20. The molecule has 0 amide bonds. The van der Waals surface area contributed by atoms with Gasteiger partial charge in [0.15, 0.2) is 0 Å². The Morgan fingerprint density at radius 1 is 1.08 bits per heavy atom. The molecule has 0 aromatic rings. The van der Waals surface area contributed by atoms with Gasteiger partial charge in [0.2, 0.25) is 0 Å². The summed E-state index contributed by atoms with van der Waals surface area (Å²) in [5.74, 6) is -3.77. The van der Waals surface area contributed by atoms with E-state index >= 15 is 0 Å². The first-order valence-corrected chi connectivity index (χ1v) is 4.64. The first-order valence-electron chi connectivity index (χ1n) is 3.32. The molecule has 0 spiro atoms. The Morgan fingerprint density at radius 3 is 1.92 bits per heavy atom. The van der Waals surface area contributed by atoms with E-state index in [-0.39, 0.29) is 12.3 Å². The van der Waals surface area contributed by atoms with Crippen molar-refractivity contribution in [3.8, 4) is 0 Å². The van der Waals surface area contributed by atoms with Crippen LogP contribution in [0.1, 0.15) is 19.3 Å². The Bertz CT molecular complexity index is 134. The molecule has 0 heterocycles. The second-order valence-electron chi connectivity index (χ2n) is 2.35. The van der Waals surface area contributed by atoms with Crippen molar-refractivity contribution in [1.29, 1.82) is 0 Å². The minimum absolute atomic E-state index is 0.00229. The van der Waals surface area contributed by atoms with Crippen LogP contribution < -0.4 is 0 Å². The van der Waals surface area contributed by atoms with Crippen LogP contribution in [0.25, 0.3) is 0 Å². The van der Waals surface area contributed by atoms with Gasteiger partial charge in [0, 0.05) is 12.3 Å². The van der Waals surface area contributed by atoms with Gasteiger partial charge in [0.05, 0.1) is 0 Å². The van der Waals surface area contributed by atoms with E-state index in [0.717, 1.165) is 0 Å². The van der Waals surface area contributed by atoms with Crippen molar-refractivity contribution in [3.63, 3.8) is 0 Å². The van der Waals surface area contributed by atoms with E-state index in [1.165, 1.54) is 0 Å². The van der Waals surface area contributed by atoms with Gasteiger partial charge in [-0.1, -0.05) is 0 Å². The fourth-order valence-electron chi connectivity index (χ4n) is 0.583. The van der Waals surface area contributed by atoms with Crippen molar-refractivity contribution in [1.82, 2.24) is 0 Å². The fourth-order valence-corrected chi connectivity index (χ4v) is 0.970. The van der Waals surface area contributed by atoms with Crippen LogP contribution >= 0.6 is 27.5 Å². The highest BCUT2D eigenvalue weighted by molar-refractivity contribution is 9.10. The highest BCUT2D eigenvalue weighted by atomic mass is 79.9. The van der Waals surface area contributed by atoms with Gasteiger partial charge in [-0.3, -0.25) is 0 Å². The summed E-state index contributed by atoms with van der Waals surface area (Å²) < 4.78 is 49.0. The molecule has 0 fully saturated rings. The van der Waals surface area contributed by atoms with E-state index in [1.54, 1.807) is 15.9 Å². The first-order chi connectivity index (χ1) is 5.31. The van der Waals surface area contributed by atoms with Crippen molar-refractivity contribution < 1.29 is 17.6 Å². The van der Waals surface area contributed by atoms with E-state index in [2.05, 4.69) is 0 Å². The van der Waals surface area contributed by atoms with Gasteiger partial charge >= 0.3 is 10.8 Å². The lowest BCUT2D eigenvalue weighted by molar-refractivity contribution is -0.151. The molecule has 0 bridgehead atoms. The molecule has 0 atom stereocenters. The Labute approximate surface area is 81.4 Å². The molecule has 0 aliphatic heterocycles. The molecule has 0 rings (SSSR count). The number of halogens is 6. The van der Waals surface area contributed by atoms with E-state index in [4.69, 9.17) is 11.6 Å². The van der Waals surface area contributed by atoms with E-state index in [0.29, 0.717) is 6.42 Å². The predicted molar refractivity (Wildman–Crippen MR) is 43.4 cm³/mol. The van der Waals surface area contributed by atoms with Crippen LogP contribution in [0.2, 0.25) is 0 Å². The summed E-state index contributed by atoms with van der Waals surface area (Å²) in [7, 11) is 0. The van der Waals surface area contributed by atoms with Crippen LogP contribution in [0.5, 0.6) is 0 Å². The summed E-state index contributed by atoms with van der Waals surface area (Å²) >= 11 is 6.84. The molecule has 0 aliphatic carbocycles. The Balaban J connectivity index is 3.88. The van der Waals surface area contributed by atoms with Gasteiger partial charge < -0.3 is 0 Å². The molecule has 6 heteroatoms. The molecule has 0 radical (unpaired) electrons. The molecule has 0 aromatic carbocycles. The normalized spacial score (nSPS) is 13.5. The minimum atomic E-state index is -4.12. The van der Waals surface area contributed by atoms with Crippen molar-refractivity contribution in [3.05, 3.63) is 0 Å². The van der Waals surface area contributed by atoms with E-state index in [1.807, 2.05) is 0 Å². The van der Waals surface area contributed by atoms with Crippen molar-refractivity contribution in [2.24, 2.45) is 0 Å². The molecule has 0 nitrogen and oxygen atoms in total. The molecule has 0 aliphatic rings.